The van der Waals surface area contributed by atoms with Crippen LogP contribution in [-0.2, 0) is 10.0 Å². The van der Waals surface area contributed by atoms with Crippen molar-refractivity contribution in [3.8, 4) is 0 Å². The van der Waals surface area contributed by atoms with Crippen molar-refractivity contribution in [2.24, 2.45) is 5.14 Å². The number of sulfonamides is 1. The first-order valence-electron chi connectivity index (χ1n) is 8.05. The third-order valence-electron chi connectivity index (χ3n) is 3.72. The normalized spacial score (nSPS) is 11.0. The predicted molar refractivity (Wildman–Crippen MR) is 111 cm³/mol. The molecule has 2 aromatic carbocycles. The monoisotopic (exact) mass is 431 g/mol. The second kappa shape index (κ2) is 8.39. The molecule has 4 N–H and O–H groups in total. The smallest absolute Gasteiger partial charge is 0.238 e. The van der Waals surface area contributed by atoms with Gasteiger partial charge >= 0.3 is 0 Å². The van der Waals surface area contributed by atoms with Gasteiger partial charge in [-0.25, -0.2) is 22.9 Å². The fourth-order valence-corrected chi connectivity index (χ4v) is 2.95. The van der Waals surface area contributed by atoms with Crippen LogP contribution in [0.15, 0.2) is 59.6 Å². The minimum Gasteiger partial charge on any atom is -0.338 e. The molecule has 0 spiro atoms. The SMILES string of the molecule is NS(=O)(=O)c1ccc(Nc2ncc(F)c(Nc3ccc(C(=O)C=S)cc3)n2)cc1. The Balaban J connectivity index is 1.77. The number of thiocarbonyl (C=S) groups is 1. The second-order valence-corrected chi connectivity index (χ2v) is 7.57. The van der Waals surface area contributed by atoms with Gasteiger partial charge in [0, 0.05) is 22.3 Å². The number of halogens is 1. The Hall–Kier alpha value is -3.28. The molecule has 0 aliphatic heterocycles. The number of rotatable bonds is 7. The Bertz CT molecular complexity index is 1170. The molecule has 0 bridgehead atoms. The van der Waals surface area contributed by atoms with Gasteiger partial charge in [0.05, 0.1) is 11.1 Å². The van der Waals surface area contributed by atoms with E-state index in [1.165, 1.54) is 24.3 Å². The van der Waals surface area contributed by atoms with Crippen LogP contribution in [0.5, 0.6) is 0 Å². The van der Waals surface area contributed by atoms with Gasteiger partial charge in [0.1, 0.15) is 0 Å². The zero-order chi connectivity index (χ0) is 21.0. The highest BCUT2D eigenvalue weighted by Gasteiger charge is 2.10. The van der Waals surface area contributed by atoms with Crippen LogP contribution in [-0.4, -0.2) is 29.5 Å². The second-order valence-electron chi connectivity index (χ2n) is 5.77. The van der Waals surface area contributed by atoms with E-state index in [-0.39, 0.29) is 22.4 Å². The summed E-state index contributed by atoms with van der Waals surface area (Å²) in [5.41, 5.74) is 1.41. The maximum Gasteiger partial charge on any atom is 0.238 e. The number of carbonyl (C=O) groups excluding carboxylic acids is 1. The van der Waals surface area contributed by atoms with Crippen LogP contribution in [0.4, 0.5) is 27.5 Å². The number of benzene rings is 2. The molecule has 3 rings (SSSR count). The minimum absolute atomic E-state index is 0.0407. The van der Waals surface area contributed by atoms with E-state index in [9.17, 15) is 17.6 Å². The first-order valence-corrected chi connectivity index (χ1v) is 10.1. The molecule has 0 radical (unpaired) electrons. The van der Waals surface area contributed by atoms with Crippen molar-refractivity contribution in [1.29, 1.82) is 0 Å². The van der Waals surface area contributed by atoms with E-state index in [1.807, 2.05) is 0 Å². The molecule has 11 heteroatoms. The predicted octanol–water partition coefficient (Wildman–Crippen LogP) is 2.93. The van der Waals surface area contributed by atoms with Crippen LogP contribution in [0.1, 0.15) is 10.4 Å². The van der Waals surface area contributed by atoms with E-state index in [1.54, 1.807) is 24.3 Å². The lowest BCUT2D eigenvalue weighted by atomic mass is 10.1. The first-order chi connectivity index (χ1) is 13.8. The van der Waals surface area contributed by atoms with Gasteiger partial charge in [-0.15, -0.1) is 0 Å². The van der Waals surface area contributed by atoms with E-state index in [2.05, 4.69) is 32.8 Å². The summed E-state index contributed by atoms with van der Waals surface area (Å²) >= 11 is 4.61. The van der Waals surface area contributed by atoms with Gasteiger partial charge in [-0.05, 0) is 48.5 Å². The third kappa shape index (κ3) is 5.16. The Morgan fingerprint density at radius 2 is 1.62 bits per heavy atom. The number of hydrogen-bond donors (Lipinski definition) is 3. The van der Waals surface area contributed by atoms with Crippen molar-refractivity contribution >= 4 is 56.5 Å². The molecule has 29 heavy (non-hydrogen) atoms. The van der Waals surface area contributed by atoms with Crippen LogP contribution in [0.2, 0.25) is 0 Å². The lowest BCUT2D eigenvalue weighted by Crippen LogP contribution is -2.11. The molecular weight excluding hydrogens is 417 g/mol. The minimum atomic E-state index is -3.80. The summed E-state index contributed by atoms with van der Waals surface area (Å²) < 4.78 is 36.7. The van der Waals surface area contributed by atoms with Gasteiger partial charge in [-0.1, -0.05) is 12.2 Å². The van der Waals surface area contributed by atoms with Crippen molar-refractivity contribution in [1.82, 2.24) is 9.97 Å². The van der Waals surface area contributed by atoms with Gasteiger partial charge in [-0.2, -0.15) is 4.98 Å². The number of carbonyl (C=O) groups is 1. The summed E-state index contributed by atoms with van der Waals surface area (Å²) in [4.78, 5) is 19.4. The number of hydrogen-bond acceptors (Lipinski definition) is 8. The Morgan fingerprint density at radius 3 is 2.21 bits per heavy atom. The molecule has 1 heterocycles. The quantitative estimate of drug-likeness (QED) is 0.385. The Kier molecular flexibility index (Phi) is 5.92. The molecule has 3 aromatic rings. The van der Waals surface area contributed by atoms with E-state index in [4.69, 9.17) is 5.14 Å². The van der Waals surface area contributed by atoms with Gasteiger partial charge in [0.25, 0.3) is 0 Å². The van der Waals surface area contributed by atoms with E-state index in [0.717, 1.165) is 11.6 Å². The summed E-state index contributed by atoms with van der Waals surface area (Å²) in [5, 5.41) is 11.7. The molecule has 148 valence electrons. The summed E-state index contributed by atoms with van der Waals surface area (Å²) in [5.74, 6) is -0.971. The van der Waals surface area contributed by atoms with Crippen molar-refractivity contribution in [3.05, 3.63) is 66.1 Å². The molecule has 1 aromatic heterocycles. The van der Waals surface area contributed by atoms with Crippen LogP contribution >= 0.6 is 12.2 Å². The van der Waals surface area contributed by atoms with E-state index >= 15 is 0 Å². The number of nitrogens with two attached hydrogens (primary N) is 1. The number of ketones is 1. The number of nitrogens with zero attached hydrogens (tertiary/aromatic N) is 2. The third-order valence-corrected chi connectivity index (χ3v) is 4.87. The average molecular weight is 431 g/mol. The van der Waals surface area contributed by atoms with Crippen LogP contribution in [0.3, 0.4) is 0 Å². The summed E-state index contributed by atoms with van der Waals surface area (Å²) in [6.45, 7) is 0. The molecule has 0 aliphatic carbocycles. The van der Waals surface area contributed by atoms with Crippen LogP contribution in [0.25, 0.3) is 0 Å². The number of aromatic nitrogens is 2. The maximum atomic E-state index is 14.1. The van der Waals surface area contributed by atoms with E-state index < -0.39 is 15.8 Å². The molecule has 0 saturated heterocycles. The largest absolute Gasteiger partial charge is 0.338 e. The first kappa shape index (κ1) is 20.5. The number of Topliss-reactive ketones (excluding diaryl/α,β-unsaturated/α-hetero) is 1. The summed E-state index contributed by atoms with van der Waals surface area (Å²) in [7, 11) is -3.80. The van der Waals surface area contributed by atoms with Gasteiger partial charge in [0.2, 0.25) is 16.0 Å². The lowest BCUT2D eigenvalue weighted by Gasteiger charge is -2.10. The molecule has 0 aliphatic rings. The fourth-order valence-electron chi connectivity index (χ4n) is 2.29. The number of nitrogens with one attached hydrogen (secondary N) is 2. The fraction of sp³-hybridized carbons (Fsp3) is 0. The Morgan fingerprint density at radius 1 is 1.03 bits per heavy atom. The molecule has 0 unspecified atom stereocenters. The lowest BCUT2D eigenvalue weighted by molar-refractivity contribution is 0.107. The number of anilines is 4. The Labute approximate surface area is 171 Å². The standard InChI is InChI=1S/C18H14FN5O3S2/c19-15-9-21-18(23-13-5-7-14(8-6-13)29(20,26)27)24-17(15)22-12-3-1-11(2-4-12)16(25)10-28/h1-10H,(H2,20,26,27)(H2,21,22,23,24). The van der Waals surface area contributed by atoms with Gasteiger partial charge in [-0.3, -0.25) is 4.79 Å². The van der Waals surface area contributed by atoms with Crippen molar-refractivity contribution in [2.45, 2.75) is 4.90 Å². The highest BCUT2D eigenvalue weighted by atomic mass is 32.2. The van der Waals surface area contributed by atoms with Crippen LogP contribution in [0, 0.1) is 5.82 Å². The molecular formula is C18H14FN5O3S2. The van der Waals surface area contributed by atoms with Crippen molar-refractivity contribution in [3.63, 3.8) is 0 Å². The zero-order valence-electron chi connectivity index (χ0n) is 14.7. The molecule has 0 fully saturated rings. The van der Waals surface area contributed by atoms with Crippen molar-refractivity contribution in [2.75, 3.05) is 10.6 Å². The van der Waals surface area contributed by atoms with E-state index in [0.29, 0.717) is 16.9 Å². The summed E-state index contributed by atoms with van der Waals surface area (Å²) in [6.07, 6.45) is 0.987. The highest BCUT2D eigenvalue weighted by Crippen LogP contribution is 2.21. The van der Waals surface area contributed by atoms with Crippen LogP contribution < -0.4 is 15.8 Å². The highest BCUT2D eigenvalue weighted by molar-refractivity contribution is 7.89. The average Bonchev–Trinajstić information content (AvgIpc) is 2.70. The van der Waals surface area contributed by atoms with Gasteiger partial charge < -0.3 is 10.6 Å². The maximum absolute atomic E-state index is 14.1. The molecule has 0 atom stereocenters. The molecule has 0 saturated carbocycles. The summed E-state index contributed by atoms with van der Waals surface area (Å²) in [6, 6.07) is 11.9. The van der Waals surface area contributed by atoms with Gasteiger partial charge in [0.15, 0.2) is 17.4 Å². The number of primary sulfonamides is 1. The molecule has 0 amide bonds. The topological polar surface area (TPSA) is 127 Å². The molecule has 8 nitrogen and oxygen atoms in total. The zero-order valence-corrected chi connectivity index (χ0v) is 16.3. The van der Waals surface area contributed by atoms with Crippen molar-refractivity contribution < 1.29 is 17.6 Å².